The van der Waals surface area contributed by atoms with Crippen LogP contribution in [0.3, 0.4) is 0 Å². The molecule has 1 aliphatic heterocycles. The minimum atomic E-state index is -0.626. The molecule has 4 aromatic rings. The fraction of sp³-hybridized carbons (Fsp3) is 0.306. The molecule has 0 aromatic heterocycles. The molecule has 0 aliphatic carbocycles. The van der Waals surface area contributed by atoms with Gasteiger partial charge in [0.25, 0.3) is 5.04 Å². The van der Waals surface area contributed by atoms with Gasteiger partial charge in [-0.15, -0.1) is 0 Å². The van der Waals surface area contributed by atoms with Crippen molar-refractivity contribution in [2.75, 3.05) is 12.4 Å². The molecule has 5 rings (SSSR count). The highest BCUT2D eigenvalue weighted by molar-refractivity contribution is 8.13. The Morgan fingerprint density at radius 3 is 1.47 bits per heavy atom. The normalized spacial score (nSPS) is 20.3. The van der Waals surface area contributed by atoms with E-state index in [0.717, 1.165) is 32.7 Å². The van der Waals surface area contributed by atoms with Crippen molar-refractivity contribution in [3.05, 3.63) is 149 Å². The summed E-state index contributed by atoms with van der Waals surface area (Å²) in [4.78, 5) is 0. The number of nitrogens with zero attached hydrogens (tertiary/aromatic N) is 1. The number of hydroxylamine groups is 1. The molecule has 0 N–H and O–H groups in total. The van der Waals surface area contributed by atoms with Crippen molar-refractivity contribution >= 4 is 16.8 Å². The highest BCUT2D eigenvalue weighted by Crippen LogP contribution is 2.30. The van der Waals surface area contributed by atoms with Crippen LogP contribution in [0, 0.1) is 5.21 Å². The molecule has 1 heterocycles. The predicted molar refractivity (Wildman–Crippen MR) is 172 cm³/mol. The van der Waals surface area contributed by atoms with E-state index in [1.165, 1.54) is 11.8 Å². The van der Waals surface area contributed by atoms with Crippen molar-refractivity contribution in [1.82, 2.24) is 0 Å². The maximum Gasteiger partial charge on any atom is 0.254 e. The number of hydrogen-bond donors (Lipinski definition) is 0. The molecule has 0 saturated carbocycles. The van der Waals surface area contributed by atoms with Crippen LogP contribution in [0.4, 0.5) is 0 Å². The van der Waals surface area contributed by atoms with Gasteiger partial charge in [0, 0.05) is 5.75 Å². The van der Waals surface area contributed by atoms with Gasteiger partial charge in [-0.1, -0.05) is 140 Å². The van der Waals surface area contributed by atoms with Gasteiger partial charge in [-0.25, -0.2) is 0 Å². The Morgan fingerprint density at radius 1 is 0.581 bits per heavy atom. The SMILES string of the molecule is CCSC1=[N+]([O-])[C@@H](COCc2ccccc2)[C@@H](OCc2ccccc2)[C@H](OCc2ccccc2)[C@@H]1OCc1ccccc1. The number of benzene rings is 4. The van der Waals surface area contributed by atoms with Crippen molar-refractivity contribution < 1.29 is 23.7 Å². The lowest BCUT2D eigenvalue weighted by molar-refractivity contribution is -0.533. The molecule has 43 heavy (non-hydrogen) atoms. The van der Waals surface area contributed by atoms with E-state index in [9.17, 15) is 5.21 Å². The van der Waals surface area contributed by atoms with Gasteiger partial charge in [0.1, 0.15) is 12.7 Å². The van der Waals surface area contributed by atoms with E-state index in [1.807, 2.05) is 128 Å². The Labute approximate surface area is 258 Å². The molecule has 0 fully saturated rings. The van der Waals surface area contributed by atoms with Gasteiger partial charge in [0.05, 0.1) is 26.4 Å². The van der Waals surface area contributed by atoms with Crippen LogP contribution >= 0.6 is 11.8 Å². The van der Waals surface area contributed by atoms with Crippen LogP contribution < -0.4 is 0 Å². The molecule has 0 unspecified atom stereocenters. The Kier molecular flexibility index (Phi) is 11.8. The van der Waals surface area contributed by atoms with Crippen molar-refractivity contribution in [2.24, 2.45) is 0 Å². The Hall–Kier alpha value is -3.46. The number of ether oxygens (including phenoxy) is 4. The van der Waals surface area contributed by atoms with Crippen LogP contribution in [0.2, 0.25) is 0 Å². The molecule has 0 spiro atoms. The zero-order valence-electron chi connectivity index (χ0n) is 24.5. The summed E-state index contributed by atoms with van der Waals surface area (Å²) in [7, 11) is 0. The van der Waals surface area contributed by atoms with E-state index in [1.54, 1.807) is 0 Å². The topological polar surface area (TPSA) is 63.0 Å². The summed E-state index contributed by atoms with van der Waals surface area (Å²) in [6, 6.07) is 39.4. The second kappa shape index (κ2) is 16.4. The van der Waals surface area contributed by atoms with Crippen LogP contribution in [-0.4, -0.2) is 46.5 Å². The molecule has 0 amide bonds. The van der Waals surface area contributed by atoms with Crippen molar-refractivity contribution in [1.29, 1.82) is 0 Å². The maximum atomic E-state index is 14.2. The van der Waals surface area contributed by atoms with Crippen molar-refractivity contribution in [3.8, 4) is 0 Å². The van der Waals surface area contributed by atoms with Gasteiger partial charge in [-0.2, -0.15) is 4.74 Å². The van der Waals surface area contributed by atoms with E-state index in [2.05, 4.69) is 0 Å². The maximum absolute atomic E-state index is 14.2. The van der Waals surface area contributed by atoms with Crippen molar-refractivity contribution in [2.45, 2.75) is 57.7 Å². The zero-order valence-corrected chi connectivity index (χ0v) is 25.3. The fourth-order valence-corrected chi connectivity index (χ4v) is 6.05. The van der Waals surface area contributed by atoms with Gasteiger partial charge in [-0.3, -0.25) is 0 Å². The predicted octanol–water partition coefficient (Wildman–Crippen LogP) is 7.00. The first-order valence-electron chi connectivity index (χ1n) is 14.8. The second-order valence-corrected chi connectivity index (χ2v) is 11.7. The summed E-state index contributed by atoms with van der Waals surface area (Å²) in [5.41, 5.74) is 4.13. The molecule has 0 bridgehead atoms. The summed E-state index contributed by atoms with van der Waals surface area (Å²) in [5, 5.41) is 14.8. The Morgan fingerprint density at radius 2 is 1.00 bits per heavy atom. The Bertz CT molecular complexity index is 1390. The highest BCUT2D eigenvalue weighted by atomic mass is 32.2. The van der Waals surface area contributed by atoms with Gasteiger partial charge in [0.15, 0.2) is 12.2 Å². The molecule has 0 radical (unpaired) electrons. The molecule has 1 aliphatic rings. The van der Waals surface area contributed by atoms with Gasteiger partial charge in [-0.05, 0) is 22.3 Å². The van der Waals surface area contributed by atoms with E-state index >= 15 is 0 Å². The lowest BCUT2D eigenvalue weighted by Crippen LogP contribution is -2.61. The molecular weight excluding hydrogens is 558 g/mol. The van der Waals surface area contributed by atoms with Crippen LogP contribution in [0.25, 0.3) is 0 Å². The van der Waals surface area contributed by atoms with Gasteiger partial charge in [0.2, 0.25) is 6.04 Å². The summed E-state index contributed by atoms with van der Waals surface area (Å²) in [6.45, 7) is 3.67. The lowest BCUT2D eigenvalue weighted by atomic mass is 9.97. The molecule has 4 aromatic carbocycles. The molecule has 6 nitrogen and oxygen atoms in total. The first-order valence-corrected chi connectivity index (χ1v) is 15.8. The van der Waals surface area contributed by atoms with Crippen LogP contribution in [0.5, 0.6) is 0 Å². The van der Waals surface area contributed by atoms with Crippen LogP contribution in [0.15, 0.2) is 121 Å². The summed E-state index contributed by atoms with van der Waals surface area (Å²) >= 11 is 1.49. The lowest BCUT2D eigenvalue weighted by Gasteiger charge is -2.40. The van der Waals surface area contributed by atoms with E-state index < -0.39 is 24.4 Å². The molecule has 4 atom stereocenters. The third-order valence-electron chi connectivity index (χ3n) is 7.30. The van der Waals surface area contributed by atoms with Crippen LogP contribution in [0.1, 0.15) is 29.2 Å². The molecule has 0 saturated heterocycles. The van der Waals surface area contributed by atoms with Crippen molar-refractivity contribution in [3.63, 3.8) is 0 Å². The first kappa shape index (κ1) is 31.0. The molecular formula is C36H39NO5S. The van der Waals surface area contributed by atoms with Gasteiger partial charge >= 0.3 is 0 Å². The van der Waals surface area contributed by atoms with E-state index in [-0.39, 0.29) is 6.61 Å². The number of hydrogen-bond acceptors (Lipinski definition) is 6. The average molecular weight is 598 g/mol. The van der Waals surface area contributed by atoms with Gasteiger partial charge < -0.3 is 24.2 Å². The second-order valence-electron chi connectivity index (χ2n) is 10.4. The monoisotopic (exact) mass is 597 g/mol. The summed E-state index contributed by atoms with van der Waals surface area (Å²) < 4.78 is 27.1. The number of rotatable bonds is 14. The van der Waals surface area contributed by atoms with Crippen LogP contribution in [-0.2, 0) is 45.4 Å². The smallest absolute Gasteiger partial charge is 0.254 e. The minimum absolute atomic E-state index is 0.183. The number of thioether (sulfide) groups is 1. The zero-order chi connectivity index (χ0) is 29.7. The van der Waals surface area contributed by atoms with E-state index in [4.69, 9.17) is 18.9 Å². The largest absolute Gasteiger partial charge is 0.623 e. The summed E-state index contributed by atoms with van der Waals surface area (Å²) in [5.74, 6) is 0.720. The summed E-state index contributed by atoms with van der Waals surface area (Å²) in [6.07, 6.45) is -1.77. The molecule has 7 heteroatoms. The third kappa shape index (κ3) is 8.78. The first-order chi connectivity index (χ1) is 21.2. The highest BCUT2D eigenvalue weighted by Gasteiger charge is 2.51. The van der Waals surface area contributed by atoms with E-state index in [0.29, 0.717) is 31.5 Å². The quantitative estimate of drug-likeness (QED) is 0.115. The fourth-order valence-electron chi connectivity index (χ4n) is 5.13. The average Bonchev–Trinajstić information content (AvgIpc) is 3.06. The molecule has 224 valence electrons. The Balaban J connectivity index is 1.47. The minimum Gasteiger partial charge on any atom is -0.623 e. The standard InChI is InChI=1S/C36H39NO5S/c1-2-43-36-35(42-26-31-21-13-6-14-22-31)34(41-25-30-19-11-5-12-20-30)33(40-24-29-17-9-4-10-18-29)32(37(36)38)27-39-23-28-15-7-3-8-16-28/h3-22,32-35H,2,23-27H2,1H3/t32-,33+,34-,35-/m0/s1. The third-order valence-corrected chi connectivity index (χ3v) is 8.30.